The van der Waals surface area contributed by atoms with Gasteiger partial charge in [-0.3, -0.25) is 0 Å². The van der Waals surface area contributed by atoms with Crippen LogP contribution < -0.4 is 20.7 Å². The summed E-state index contributed by atoms with van der Waals surface area (Å²) in [6.07, 6.45) is 0. The fraction of sp³-hybridized carbons (Fsp3) is 0. The zero-order chi connectivity index (χ0) is 17.8. The van der Waals surface area contributed by atoms with Crippen LogP contribution in [-0.2, 0) is 0 Å². The minimum absolute atomic E-state index is 1.27. The second-order valence-electron chi connectivity index (χ2n) is 6.65. The van der Waals surface area contributed by atoms with E-state index in [9.17, 15) is 0 Å². The molecule has 4 aromatic rings. The molecule has 0 atom stereocenters. The topological polar surface area (TPSA) is 0 Å². The van der Waals surface area contributed by atoms with Crippen LogP contribution in [0.15, 0.2) is 115 Å². The van der Waals surface area contributed by atoms with E-state index in [1.54, 1.807) is 0 Å². The molecule has 0 N–H and O–H groups in total. The van der Waals surface area contributed by atoms with Crippen LogP contribution >= 0.6 is 22.6 Å². The second kappa shape index (κ2) is 7.60. The molecule has 26 heavy (non-hydrogen) atoms. The Morgan fingerprint density at radius 3 is 1.04 bits per heavy atom. The summed E-state index contributed by atoms with van der Waals surface area (Å²) in [7, 11) is -2.72. The van der Waals surface area contributed by atoms with Crippen LogP contribution in [0.3, 0.4) is 0 Å². The summed E-state index contributed by atoms with van der Waals surface area (Å²) < 4.78 is 1.27. The molecule has 0 saturated heterocycles. The number of benzene rings is 4. The van der Waals surface area contributed by atoms with E-state index in [1.165, 1.54) is 24.3 Å². The summed E-state index contributed by atoms with van der Waals surface area (Å²) in [6.45, 7) is 0. The number of halogens is 1. The van der Waals surface area contributed by atoms with Crippen molar-refractivity contribution < 1.29 is 0 Å². The van der Waals surface area contributed by atoms with Gasteiger partial charge in [0.05, 0.1) is 0 Å². The molecule has 0 aliphatic carbocycles. The third-order valence-electron chi connectivity index (χ3n) is 5.27. The molecule has 0 aromatic heterocycles. The summed E-state index contributed by atoms with van der Waals surface area (Å²) in [5.41, 5.74) is 0. The van der Waals surface area contributed by atoms with Crippen molar-refractivity contribution in [2.24, 2.45) is 0 Å². The van der Waals surface area contributed by atoms with Crippen molar-refractivity contribution in [2.75, 3.05) is 0 Å². The van der Waals surface area contributed by atoms with Crippen LogP contribution in [0, 0.1) is 3.57 Å². The second-order valence-corrected chi connectivity index (χ2v) is 12.3. The molecule has 0 aliphatic heterocycles. The van der Waals surface area contributed by atoms with Gasteiger partial charge in [-0.1, -0.05) is 0 Å². The van der Waals surface area contributed by atoms with Crippen molar-refractivity contribution in [1.29, 1.82) is 0 Å². The maximum atomic E-state index is 2.39. The molecule has 128 valence electrons. The van der Waals surface area contributed by atoms with Crippen LogP contribution in [0.1, 0.15) is 0 Å². The van der Waals surface area contributed by atoms with Crippen molar-refractivity contribution in [3.63, 3.8) is 0 Å². The van der Waals surface area contributed by atoms with E-state index >= 15 is 0 Å². The zero-order valence-electron chi connectivity index (χ0n) is 14.4. The van der Waals surface area contributed by atoms with Crippen molar-refractivity contribution >= 4 is 51.4 Å². The van der Waals surface area contributed by atoms with E-state index in [0.29, 0.717) is 0 Å². The van der Waals surface area contributed by atoms with Crippen LogP contribution in [0.4, 0.5) is 0 Å². The quantitative estimate of drug-likeness (QED) is 0.247. The van der Waals surface area contributed by atoms with Crippen LogP contribution in [0.5, 0.6) is 0 Å². The van der Waals surface area contributed by atoms with Gasteiger partial charge in [0.2, 0.25) is 0 Å². The van der Waals surface area contributed by atoms with E-state index in [-0.39, 0.29) is 0 Å². The van der Waals surface area contributed by atoms with E-state index in [1.807, 2.05) is 0 Å². The van der Waals surface area contributed by atoms with Gasteiger partial charge in [-0.05, 0) is 0 Å². The first-order chi connectivity index (χ1) is 12.8. The first-order valence-electron chi connectivity index (χ1n) is 8.90. The van der Waals surface area contributed by atoms with Gasteiger partial charge in [-0.2, -0.15) is 0 Å². The molecule has 0 heterocycles. The molecule has 4 aromatic carbocycles. The van der Waals surface area contributed by atoms with Gasteiger partial charge in [0.25, 0.3) is 0 Å². The first-order valence-corrected chi connectivity index (χ1v) is 12.3. The molecule has 0 unspecified atom stereocenters. The van der Waals surface area contributed by atoms with Crippen molar-refractivity contribution in [3.05, 3.63) is 119 Å². The number of hydrogen-bond acceptors (Lipinski definition) is 0. The third-order valence-corrected chi connectivity index (χ3v) is 11.5. The summed E-state index contributed by atoms with van der Waals surface area (Å²) >= 11 is 2.39. The molecule has 0 bridgehead atoms. The molecule has 2 heteroatoms. The fourth-order valence-electron chi connectivity index (χ4n) is 4.13. The molecular weight excluding hydrogens is 443 g/mol. The Bertz CT molecular complexity index is 868. The Morgan fingerprint density at radius 2 is 0.692 bits per heavy atom. The number of rotatable bonds is 4. The van der Waals surface area contributed by atoms with Gasteiger partial charge >= 0.3 is 170 Å². The van der Waals surface area contributed by atoms with E-state index in [2.05, 4.69) is 138 Å². The normalized spacial score (nSPS) is 11.9. The molecule has 4 rings (SSSR count). The first kappa shape index (κ1) is 17.3. The molecular formula is C24H20ISi-. The Morgan fingerprint density at radius 1 is 0.385 bits per heavy atom. The van der Waals surface area contributed by atoms with Gasteiger partial charge in [0.1, 0.15) is 0 Å². The predicted molar refractivity (Wildman–Crippen MR) is 124 cm³/mol. The molecule has 0 amide bonds. The molecule has 0 fully saturated rings. The zero-order valence-corrected chi connectivity index (χ0v) is 17.7. The van der Waals surface area contributed by atoms with Gasteiger partial charge < -0.3 is 0 Å². The number of hydrogen-bond donors (Lipinski definition) is 0. The van der Waals surface area contributed by atoms with Crippen LogP contribution in [0.2, 0.25) is 0 Å². The summed E-state index contributed by atoms with van der Waals surface area (Å²) in [5.74, 6) is 0. The SMILES string of the molecule is Ic1ccc([SiH-](c2ccccc2)(c2ccccc2)c2ccccc2)cc1. The van der Waals surface area contributed by atoms with Gasteiger partial charge in [-0.25, -0.2) is 0 Å². The van der Waals surface area contributed by atoms with Gasteiger partial charge in [0, 0.05) is 0 Å². The third kappa shape index (κ3) is 3.04. The van der Waals surface area contributed by atoms with E-state index in [4.69, 9.17) is 0 Å². The van der Waals surface area contributed by atoms with E-state index in [0.717, 1.165) is 0 Å². The van der Waals surface area contributed by atoms with Crippen molar-refractivity contribution in [1.82, 2.24) is 0 Å². The van der Waals surface area contributed by atoms with Crippen molar-refractivity contribution in [2.45, 2.75) is 0 Å². The molecule has 0 aliphatic rings. The molecule has 0 radical (unpaired) electrons. The van der Waals surface area contributed by atoms with Crippen LogP contribution in [0.25, 0.3) is 0 Å². The average molecular weight is 463 g/mol. The minimum atomic E-state index is -2.72. The molecule has 0 spiro atoms. The van der Waals surface area contributed by atoms with Crippen molar-refractivity contribution in [3.8, 4) is 0 Å². The summed E-state index contributed by atoms with van der Waals surface area (Å²) in [4.78, 5) is 0. The standard InChI is InChI=1S/C24H20ISi/c25-20-16-18-24(19-17-20)26(21-10-4-1-5-11-21,22-12-6-2-7-13-22)23-14-8-3-9-15-23/h1-19,26H/q-1. The Hall–Kier alpha value is -2.17. The fourth-order valence-corrected chi connectivity index (χ4v) is 9.97. The monoisotopic (exact) mass is 463 g/mol. The summed E-state index contributed by atoms with van der Waals surface area (Å²) in [6, 6.07) is 42.3. The van der Waals surface area contributed by atoms with Gasteiger partial charge in [-0.15, -0.1) is 0 Å². The predicted octanol–water partition coefficient (Wildman–Crippen LogP) is 3.40. The summed E-state index contributed by atoms with van der Waals surface area (Å²) in [5, 5.41) is 5.78. The molecule has 0 saturated carbocycles. The Balaban J connectivity index is 2.12. The van der Waals surface area contributed by atoms with Crippen LogP contribution in [-0.4, -0.2) is 8.07 Å². The Labute approximate surface area is 169 Å². The average Bonchev–Trinajstić information content (AvgIpc) is 2.72. The molecule has 0 nitrogen and oxygen atoms in total. The van der Waals surface area contributed by atoms with Gasteiger partial charge in [0.15, 0.2) is 0 Å². The Kier molecular flexibility index (Phi) is 5.04. The maximum absolute atomic E-state index is 2.72. The van der Waals surface area contributed by atoms with E-state index < -0.39 is 8.07 Å².